The fourth-order valence-corrected chi connectivity index (χ4v) is 2.48. The van der Waals surface area contributed by atoms with E-state index >= 15 is 0 Å². The molecular formula is C14H13F2NO2S. The van der Waals surface area contributed by atoms with Crippen LogP contribution in [0.1, 0.15) is 22.8 Å². The fourth-order valence-electron chi connectivity index (χ4n) is 1.70. The molecule has 3 nitrogen and oxygen atoms in total. The molecule has 20 heavy (non-hydrogen) atoms. The van der Waals surface area contributed by atoms with E-state index in [-0.39, 0.29) is 12.1 Å². The number of halogens is 2. The van der Waals surface area contributed by atoms with Crippen LogP contribution in [-0.4, -0.2) is 17.6 Å². The van der Waals surface area contributed by atoms with Gasteiger partial charge in [-0.2, -0.15) is 11.3 Å². The Hall–Kier alpha value is -1.79. The van der Waals surface area contributed by atoms with Crippen LogP contribution < -0.4 is 5.32 Å². The van der Waals surface area contributed by atoms with Gasteiger partial charge in [0.25, 0.3) is 5.91 Å². The molecule has 106 valence electrons. The number of carbonyl (C=O) groups excluding carboxylic acids is 1. The molecule has 1 unspecified atom stereocenters. The minimum atomic E-state index is -1.26. The molecule has 2 aromatic rings. The van der Waals surface area contributed by atoms with Crippen molar-refractivity contribution in [3.63, 3.8) is 0 Å². The van der Waals surface area contributed by atoms with E-state index < -0.39 is 23.1 Å². The van der Waals surface area contributed by atoms with Crippen molar-refractivity contribution in [1.82, 2.24) is 5.32 Å². The van der Waals surface area contributed by atoms with Gasteiger partial charge in [-0.05, 0) is 41.4 Å². The van der Waals surface area contributed by atoms with Crippen molar-refractivity contribution in [1.29, 1.82) is 0 Å². The highest BCUT2D eigenvalue weighted by Crippen LogP contribution is 2.22. The molecule has 0 aliphatic carbocycles. The van der Waals surface area contributed by atoms with Crippen LogP contribution in [0.4, 0.5) is 8.78 Å². The molecule has 0 aliphatic heterocycles. The van der Waals surface area contributed by atoms with Crippen molar-refractivity contribution < 1.29 is 18.7 Å². The second-order valence-corrected chi connectivity index (χ2v) is 5.35. The van der Waals surface area contributed by atoms with Crippen molar-refractivity contribution >= 4 is 17.2 Å². The molecule has 0 aliphatic rings. The molecule has 1 aromatic carbocycles. The van der Waals surface area contributed by atoms with Crippen LogP contribution in [0.25, 0.3) is 0 Å². The number of amides is 1. The van der Waals surface area contributed by atoms with Gasteiger partial charge < -0.3 is 10.4 Å². The number of carbonyl (C=O) groups is 1. The van der Waals surface area contributed by atoms with Crippen LogP contribution in [-0.2, 0) is 5.60 Å². The third-order valence-corrected chi connectivity index (χ3v) is 3.62. The Kier molecular flexibility index (Phi) is 4.15. The number of nitrogens with one attached hydrogen (secondary N) is 1. The third-order valence-electron chi connectivity index (χ3n) is 2.93. The number of hydrogen-bond donors (Lipinski definition) is 2. The zero-order chi connectivity index (χ0) is 14.8. The Morgan fingerprint density at radius 1 is 1.40 bits per heavy atom. The van der Waals surface area contributed by atoms with E-state index in [2.05, 4.69) is 5.32 Å². The molecule has 0 saturated carbocycles. The molecule has 0 bridgehead atoms. The van der Waals surface area contributed by atoms with Gasteiger partial charge in [0.2, 0.25) is 0 Å². The first kappa shape index (κ1) is 14.6. The topological polar surface area (TPSA) is 49.3 Å². The highest BCUT2D eigenvalue weighted by molar-refractivity contribution is 7.08. The first-order valence-corrected chi connectivity index (χ1v) is 6.83. The van der Waals surface area contributed by atoms with Crippen molar-refractivity contribution in [2.45, 2.75) is 12.5 Å². The highest BCUT2D eigenvalue weighted by Gasteiger charge is 2.25. The van der Waals surface area contributed by atoms with Gasteiger partial charge in [0, 0.05) is 0 Å². The van der Waals surface area contributed by atoms with Gasteiger partial charge in [0.15, 0.2) is 11.6 Å². The summed E-state index contributed by atoms with van der Waals surface area (Å²) in [5.74, 6) is -3.04. The summed E-state index contributed by atoms with van der Waals surface area (Å²) in [6.45, 7) is 1.44. The molecule has 2 N–H and O–H groups in total. The zero-order valence-electron chi connectivity index (χ0n) is 10.7. The third kappa shape index (κ3) is 3.02. The van der Waals surface area contributed by atoms with Gasteiger partial charge in [-0.25, -0.2) is 8.78 Å². The van der Waals surface area contributed by atoms with E-state index in [0.29, 0.717) is 5.56 Å². The summed E-state index contributed by atoms with van der Waals surface area (Å²) in [5.41, 5.74) is -0.993. The average Bonchev–Trinajstić information content (AvgIpc) is 2.94. The van der Waals surface area contributed by atoms with E-state index in [4.69, 9.17) is 0 Å². The van der Waals surface area contributed by atoms with Gasteiger partial charge in [0.05, 0.1) is 12.1 Å². The molecule has 0 spiro atoms. The number of rotatable bonds is 4. The van der Waals surface area contributed by atoms with Gasteiger partial charge in [-0.3, -0.25) is 4.79 Å². The Balaban J connectivity index is 2.08. The Morgan fingerprint density at radius 3 is 2.80 bits per heavy atom. The molecule has 1 aromatic heterocycles. The van der Waals surface area contributed by atoms with Crippen molar-refractivity contribution in [2.75, 3.05) is 6.54 Å². The van der Waals surface area contributed by atoms with Crippen molar-refractivity contribution in [2.24, 2.45) is 0 Å². The normalized spacial score (nSPS) is 13.8. The van der Waals surface area contributed by atoms with Crippen LogP contribution in [0.3, 0.4) is 0 Å². The maximum Gasteiger partial charge on any atom is 0.254 e. The van der Waals surface area contributed by atoms with E-state index in [1.54, 1.807) is 16.8 Å². The monoisotopic (exact) mass is 297 g/mol. The first-order valence-electron chi connectivity index (χ1n) is 5.89. The number of hydrogen-bond acceptors (Lipinski definition) is 3. The lowest BCUT2D eigenvalue weighted by molar-refractivity contribution is 0.0528. The molecular weight excluding hydrogens is 284 g/mol. The maximum absolute atomic E-state index is 13.4. The lowest BCUT2D eigenvalue weighted by Gasteiger charge is -2.22. The van der Waals surface area contributed by atoms with Gasteiger partial charge in [-0.1, -0.05) is 6.07 Å². The predicted molar refractivity (Wildman–Crippen MR) is 72.6 cm³/mol. The second-order valence-electron chi connectivity index (χ2n) is 4.57. The number of aliphatic hydroxyl groups is 1. The van der Waals surface area contributed by atoms with E-state index in [1.165, 1.54) is 30.4 Å². The van der Waals surface area contributed by atoms with Gasteiger partial charge >= 0.3 is 0 Å². The number of benzene rings is 1. The van der Waals surface area contributed by atoms with Gasteiger partial charge in [0.1, 0.15) is 5.60 Å². The molecule has 0 radical (unpaired) electrons. The lowest BCUT2D eigenvalue weighted by atomic mass is 9.99. The quantitative estimate of drug-likeness (QED) is 0.911. The average molecular weight is 297 g/mol. The zero-order valence-corrected chi connectivity index (χ0v) is 11.5. The molecule has 0 saturated heterocycles. The van der Waals surface area contributed by atoms with Crippen LogP contribution in [0.15, 0.2) is 35.0 Å². The first-order chi connectivity index (χ1) is 9.42. The minimum absolute atomic E-state index is 0.0987. The summed E-state index contributed by atoms with van der Waals surface area (Å²) >= 11 is 1.42. The van der Waals surface area contributed by atoms with E-state index in [0.717, 1.165) is 6.07 Å². The molecule has 1 heterocycles. The molecule has 6 heteroatoms. The SMILES string of the molecule is CC(O)(CNC(=O)c1cccc(F)c1F)c1ccsc1. The maximum atomic E-state index is 13.4. The van der Waals surface area contributed by atoms with Crippen LogP contribution in [0, 0.1) is 11.6 Å². The van der Waals surface area contributed by atoms with E-state index in [9.17, 15) is 18.7 Å². The Morgan fingerprint density at radius 2 is 2.15 bits per heavy atom. The van der Waals surface area contributed by atoms with E-state index in [1.807, 2.05) is 0 Å². The van der Waals surface area contributed by atoms with Crippen LogP contribution in [0.5, 0.6) is 0 Å². The van der Waals surface area contributed by atoms with Crippen LogP contribution in [0.2, 0.25) is 0 Å². The predicted octanol–water partition coefficient (Wildman–Crippen LogP) is 2.66. The standard InChI is InChI=1S/C14H13F2NO2S/c1-14(19,9-5-6-20-7-9)8-17-13(18)10-3-2-4-11(15)12(10)16/h2-7,19H,8H2,1H3,(H,17,18). The molecule has 0 fully saturated rings. The molecule has 2 rings (SSSR count). The Labute approximate surface area is 118 Å². The summed E-state index contributed by atoms with van der Waals surface area (Å²) in [5, 5.41) is 16.2. The lowest BCUT2D eigenvalue weighted by Crippen LogP contribution is -2.38. The fraction of sp³-hybridized carbons (Fsp3) is 0.214. The Bertz CT molecular complexity index is 612. The van der Waals surface area contributed by atoms with Crippen molar-refractivity contribution in [3.8, 4) is 0 Å². The van der Waals surface area contributed by atoms with Crippen molar-refractivity contribution in [3.05, 3.63) is 57.8 Å². The largest absolute Gasteiger partial charge is 0.384 e. The summed E-state index contributed by atoms with van der Waals surface area (Å²) in [4.78, 5) is 11.8. The second kappa shape index (κ2) is 5.68. The van der Waals surface area contributed by atoms with Gasteiger partial charge in [-0.15, -0.1) is 0 Å². The molecule has 1 atom stereocenters. The minimum Gasteiger partial charge on any atom is -0.384 e. The smallest absolute Gasteiger partial charge is 0.254 e. The summed E-state index contributed by atoms with van der Waals surface area (Å²) in [6.07, 6.45) is 0. The number of thiophene rings is 1. The molecule has 1 amide bonds. The summed E-state index contributed by atoms with van der Waals surface area (Å²) in [6, 6.07) is 5.12. The summed E-state index contributed by atoms with van der Waals surface area (Å²) < 4.78 is 26.5. The highest BCUT2D eigenvalue weighted by atomic mass is 32.1. The van der Waals surface area contributed by atoms with Crippen LogP contribution >= 0.6 is 11.3 Å². The summed E-state index contributed by atoms with van der Waals surface area (Å²) in [7, 11) is 0.